The van der Waals surface area contributed by atoms with Crippen LogP contribution in [0.5, 0.6) is 0 Å². The number of rotatable bonds is 6. The lowest BCUT2D eigenvalue weighted by Gasteiger charge is -2.48. The van der Waals surface area contributed by atoms with Gasteiger partial charge in [-0.3, -0.25) is 4.79 Å². The van der Waals surface area contributed by atoms with Gasteiger partial charge in [-0.05, 0) is 116 Å². The molecule has 0 bridgehead atoms. The Labute approximate surface area is 249 Å². The van der Waals surface area contributed by atoms with Gasteiger partial charge >= 0.3 is 0 Å². The molecule has 2 aromatic heterocycles. The first-order valence-corrected chi connectivity index (χ1v) is 16.6. The molecule has 8 heteroatoms. The van der Waals surface area contributed by atoms with Crippen molar-refractivity contribution in [3.05, 3.63) is 36.2 Å². The van der Waals surface area contributed by atoms with E-state index < -0.39 is 0 Å². The van der Waals surface area contributed by atoms with Crippen LogP contribution in [0.3, 0.4) is 0 Å². The van der Waals surface area contributed by atoms with Gasteiger partial charge in [0.2, 0.25) is 5.91 Å². The molecule has 0 atom stereocenters. The van der Waals surface area contributed by atoms with Gasteiger partial charge in [0.1, 0.15) is 5.52 Å². The Balaban J connectivity index is 1.17. The van der Waals surface area contributed by atoms with Gasteiger partial charge < -0.3 is 25.0 Å². The smallest absolute Gasteiger partial charge is 0.238 e. The van der Waals surface area contributed by atoms with Crippen molar-refractivity contribution in [2.75, 3.05) is 36.4 Å². The van der Waals surface area contributed by atoms with Gasteiger partial charge in [-0.2, -0.15) is 0 Å². The maximum atomic E-state index is 14.4. The van der Waals surface area contributed by atoms with E-state index in [0.29, 0.717) is 30.1 Å². The first-order valence-electron chi connectivity index (χ1n) is 16.6. The predicted molar refractivity (Wildman–Crippen MR) is 168 cm³/mol. The Morgan fingerprint density at radius 2 is 1.79 bits per heavy atom. The third-order valence-electron chi connectivity index (χ3n) is 11.1. The summed E-state index contributed by atoms with van der Waals surface area (Å²) in [4.78, 5) is 29.4. The lowest BCUT2D eigenvalue weighted by atomic mass is 9.74. The van der Waals surface area contributed by atoms with Crippen molar-refractivity contribution < 1.29 is 4.79 Å². The minimum atomic E-state index is -0.389. The highest BCUT2D eigenvalue weighted by Gasteiger charge is 2.54. The number of benzene rings is 1. The second-order valence-electron chi connectivity index (χ2n) is 13.9. The van der Waals surface area contributed by atoms with E-state index in [1.807, 2.05) is 6.33 Å². The second-order valence-corrected chi connectivity index (χ2v) is 13.9. The van der Waals surface area contributed by atoms with Gasteiger partial charge in [0.15, 0.2) is 5.82 Å². The van der Waals surface area contributed by atoms with Crippen molar-refractivity contribution in [1.82, 2.24) is 24.8 Å². The molecule has 8 rings (SSSR count). The maximum absolute atomic E-state index is 14.4. The highest BCUT2D eigenvalue weighted by molar-refractivity contribution is 6.09. The molecule has 5 aliphatic rings. The summed E-state index contributed by atoms with van der Waals surface area (Å²) in [6.45, 7) is 8.63. The SMILES string of the molecule is CC(C)n1cnc2cc(-c3ccc4c(c3)N(C3CC(N5CCCCC5)C3)C(=O)C43CCNCC3)nc(NC3CCC3)c21. The van der Waals surface area contributed by atoms with Crippen LogP contribution < -0.4 is 15.5 Å². The van der Waals surface area contributed by atoms with E-state index in [1.165, 1.54) is 57.2 Å². The summed E-state index contributed by atoms with van der Waals surface area (Å²) in [7, 11) is 0. The third-order valence-corrected chi connectivity index (χ3v) is 11.1. The average molecular weight is 568 g/mol. The number of amides is 1. The highest BCUT2D eigenvalue weighted by atomic mass is 16.2. The summed E-state index contributed by atoms with van der Waals surface area (Å²) >= 11 is 0. The van der Waals surface area contributed by atoms with Gasteiger partial charge in [0, 0.05) is 35.4 Å². The molecule has 2 N–H and O–H groups in total. The molecule has 1 amide bonds. The van der Waals surface area contributed by atoms with Gasteiger partial charge in [0.05, 0.1) is 23.0 Å². The van der Waals surface area contributed by atoms with Gasteiger partial charge in [0.25, 0.3) is 0 Å². The monoisotopic (exact) mass is 567 g/mol. The largest absolute Gasteiger partial charge is 0.366 e. The van der Waals surface area contributed by atoms with Crippen LogP contribution in [0, 0.1) is 0 Å². The molecule has 5 heterocycles. The lowest BCUT2D eigenvalue weighted by molar-refractivity contribution is -0.125. The van der Waals surface area contributed by atoms with E-state index in [-0.39, 0.29) is 5.41 Å². The number of hydrogen-bond acceptors (Lipinski definition) is 6. The quantitative estimate of drug-likeness (QED) is 0.402. The van der Waals surface area contributed by atoms with Crippen LogP contribution in [0.15, 0.2) is 30.6 Å². The number of nitrogens with zero attached hydrogens (tertiary/aromatic N) is 5. The number of anilines is 2. The molecule has 42 heavy (non-hydrogen) atoms. The zero-order valence-electron chi connectivity index (χ0n) is 25.2. The Morgan fingerprint density at radius 3 is 2.50 bits per heavy atom. The summed E-state index contributed by atoms with van der Waals surface area (Å²) in [6.07, 6.45) is 13.5. The Kier molecular flexibility index (Phi) is 6.56. The molecule has 222 valence electrons. The molecule has 2 aliphatic carbocycles. The van der Waals surface area contributed by atoms with Crippen LogP contribution >= 0.6 is 0 Å². The molecular weight excluding hydrogens is 522 g/mol. The summed E-state index contributed by atoms with van der Waals surface area (Å²) in [5.74, 6) is 1.27. The molecule has 0 radical (unpaired) electrons. The first kappa shape index (κ1) is 26.6. The minimum absolute atomic E-state index is 0.292. The Bertz CT molecular complexity index is 1490. The number of fused-ring (bicyclic) bond motifs is 3. The number of pyridine rings is 1. The number of nitrogens with one attached hydrogen (secondary N) is 2. The van der Waals surface area contributed by atoms with E-state index in [1.54, 1.807) is 0 Å². The Morgan fingerprint density at radius 1 is 1.00 bits per heavy atom. The fraction of sp³-hybridized carbons (Fsp3) is 0.618. The van der Waals surface area contributed by atoms with Crippen molar-refractivity contribution in [3.63, 3.8) is 0 Å². The molecule has 2 saturated heterocycles. The number of carbonyl (C=O) groups excluding carboxylic acids is 1. The summed E-state index contributed by atoms with van der Waals surface area (Å²) < 4.78 is 2.23. The molecule has 4 fully saturated rings. The standard InChI is InChI=1S/C34H45N7O/c1-22(2)40-21-36-29-20-28(38-32(31(29)40)37-24-7-6-8-24)23-9-10-27-30(17-23)41(33(42)34(27)11-13-35-14-12-34)26-18-25(19-26)39-15-4-3-5-16-39/h9-10,17,20-22,24-26,35H,3-8,11-16,18-19H2,1-2H3,(H,37,38). The van der Waals surface area contributed by atoms with Crippen molar-refractivity contribution >= 4 is 28.4 Å². The topological polar surface area (TPSA) is 78.3 Å². The minimum Gasteiger partial charge on any atom is -0.366 e. The van der Waals surface area contributed by atoms with E-state index >= 15 is 0 Å². The highest BCUT2D eigenvalue weighted by Crippen LogP contribution is 2.51. The Hall–Kier alpha value is -2.97. The molecule has 3 aliphatic heterocycles. The number of aromatic nitrogens is 3. The summed E-state index contributed by atoms with van der Waals surface area (Å²) in [5, 5.41) is 7.25. The molecule has 0 unspecified atom stereocenters. The zero-order chi connectivity index (χ0) is 28.4. The maximum Gasteiger partial charge on any atom is 0.238 e. The van der Waals surface area contributed by atoms with Gasteiger partial charge in [-0.15, -0.1) is 0 Å². The number of hydrogen-bond donors (Lipinski definition) is 2. The zero-order valence-corrected chi connectivity index (χ0v) is 25.2. The van der Waals surface area contributed by atoms with Crippen LogP contribution in [0.1, 0.15) is 89.7 Å². The van der Waals surface area contributed by atoms with E-state index in [9.17, 15) is 4.79 Å². The molecule has 2 saturated carbocycles. The van der Waals surface area contributed by atoms with E-state index in [2.05, 4.69) is 63.1 Å². The number of carbonyl (C=O) groups is 1. The van der Waals surface area contributed by atoms with Crippen LogP contribution in [-0.4, -0.2) is 69.6 Å². The molecule has 8 nitrogen and oxygen atoms in total. The molecular formula is C34H45N7O. The van der Waals surface area contributed by atoms with Crippen molar-refractivity contribution in [3.8, 4) is 11.3 Å². The van der Waals surface area contributed by atoms with Crippen LogP contribution in [0.4, 0.5) is 11.5 Å². The average Bonchev–Trinajstić information content (AvgIpc) is 3.49. The summed E-state index contributed by atoms with van der Waals surface area (Å²) in [5.41, 5.74) is 6.04. The van der Waals surface area contributed by atoms with Crippen molar-refractivity contribution in [1.29, 1.82) is 0 Å². The lowest BCUT2D eigenvalue weighted by Crippen LogP contribution is -2.58. The van der Waals surface area contributed by atoms with Gasteiger partial charge in [-0.25, -0.2) is 9.97 Å². The predicted octanol–water partition coefficient (Wildman–Crippen LogP) is 5.63. The van der Waals surface area contributed by atoms with E-state index in [4.69, 9.17) is 9.97 Å². The summed E-state index contributed by atoms with van der Waals surface area (Å²) in [6, 6.07) is 10.6. The number of piperidine rings is 2. The van der Waals surface area contributed by atoms with E-state index in [0.717, 1.165) is 72.6 Å². The second kappa shape index (κ2) is 10.3. The van der Waals surface area contributed by atoms with Crippen LogP contribution in [0.2, 0.25) is 0 Å². The fourth-order valence-electron chi connectivity index (χ4n) is 8.25. The van der Waals surface area contributed by atoms with Crippen molar-refractivity contribution in [2.45, 2.75) is 108 Å². The van der Waals surface area contributed by atoms with Crippen LogP contribution in [0.25, 0.3) is 22.3 Å². The molecule has 3 aromatic rings. The van der Waals surface area contributed by atoms with Crippen molar-refractivity contribution in [2.24, 2.45) is 0 Å². The number of likely N-dealkylation sites (tertiary alicyclic amines) is 1. The number of imidazole rings is 1. The van der Waals surface area contributed by atoms with Gasteiger partial charge in [-0.1, -0.05) is 18.6 Å². The molecule has 1 aromatic carbocycles. The fourth-order valence-corrected chi connectivity index (χ4v) is 8.25. The first-order chi connectivity index (χ1) is 20.5. The van der Waals surface area contributed by atoms with Crippen LogP contribution in [-0.2, 0) is 10.2 Å². The third kappa shape index (κ3) is 4.20. The molecule has 1 spiro atoms. The normalized spacial score (nSPS) is 26.1.